The van der Waals surface area contributed by atoms with Crippen LogP contribution in [0, 0.1) is 0 Å². The van der Waals surface area contributed by atoms with Gasteiger partial charge in [-0.25, -0.2) is 0 Å². The molecule has 5 heteroatoms. The molecule has 5 nitrogen and oxygen atoms in total. The number of rotatable bonds is 40. The Morgan fingerprint density at radius 1 is 0.411 bits per heavy atom. The van der Waals surface area contributed by atoms with E-state index in [1.54, 1.807) is 0 Å². The fourth-order valence-corrected chi connectivity index (χ4v) is 5.78. The number of allylic oxidation sites excluding steroid dienone is 16. The van der Waals surface area contributed by atoms with Crippen molar-refractivity contribution >= 4 is 11.9 Å². The van der Waals surface area contributed by atoms with Crippen LogP contribution in [0.15, 0.2) is 97.2 Å². The molecule has 0 heterocycles. The molecule has 0 bridgehead atoms. The first kappa shape index (κ1) is 52.8. The van der Waals surface area contributed by atoms with Crippen molar-refractivity contribution in [1.29, 1.82) is 0 Å². The van der Waals surface area contributed by atoms with Crippen molar-refractivity contribution in [2.75, 3.05) is 19.8 Å². The molecule has 0 saturated heterocycles. The molecular formula is C51H84O5. The van der Waals surface area contributed by atoms with E-state index in [0.717, 1.165) is 116 Å². The maximum Gasteiger partial charge on any atom is 0.306 e. The molecular weight excluding hydrogens is 693 g/mol. The van der Waals surface area contributed by atoms with Gasteiger partial charge in [-0.3, -0.25) is 9.59 Å². The standard InChI is InChI=1S/C51H84O5/c1-4-7-10-13-16-18-20-22-24-25-26-28-30-32-34-37-40-43-46-54-47-49(56-51(53)45-42-39-35-15-12-9-6-3)48-55-50(52)44-41-38-36-33-31-29-27-23-21-19-17-14-11-8-5-2/h7-8,10-11,16-19,22-24,26-28,32,34,49H,4-6,9,12-15,20-21,25,29-31,33,35-48H2,1-3H3/b10-7-,11-8-,18-16-,19-17-,24-22-,27-23-,28-26-,34-32-. The van der Waals surface area contributed by atoms with Gasteiger partial charge in [-0.15, -0.1) is 0 Å². The second kappa shape index (κ2) is 46.2. The minimum absolute atomic E-state index is 0.0542. The van der Waals surface area contributed by atoms with Crippen LogP contribution in [0.3, 0.4) is 0 Å². The predicted molar refractivity (Wildman–Crippen MR) is 242 cm³/mol. The minimum atomic E-state index is -0.566. The molecule has 0 amide bonds. The van der Waals surface area contributed by atoms with E-state index in [0.29, 0.717) is 19.4 Å². The lowest BCUT2D eigenvalue weighted by Crippen LogP contribution is -2.30. The van der Waals surface area contributed by atoms with E-state index < -0.39 is 6.10 Å². The fraction of sp³-hybridized carbons (Fsp3) is 0.647. The smallest absolute Gasteiger partial charge is 0.306 e. The summed E-state index contributed by atoms with van der Waals surface area (Å²) < 4.78 is 17.2. The molecule has 0 aromatic carbocycles. The van der Waals surface area contributed by atoms with Crippen LogP contribution in [-0.4, -0.2) is 37.9 Å². The van der Waals surface area contributed by atoms with Gasteiger partial charge >= 0.3 is 11.9 Å². The second-order valence-electron chi connectivity index (χ2n) is 14.5. The number of carbonyl (C=O) groups is 2. The molecule has 0 rings (SSSR count). The number of ether oxygens (including phenoxy) is 3. The average molecular weight is 777 g/mol. The molecule has 1 unspecified atom stereocenters. The number of hydrogen-bond acceptors (Lipinski definition) is 5. The molecule has 0 aromatic heterocycles. The Hall–Kier alpha value is -3.18. The third kappa shape index (κ3) is 43.5. The Labute approximate surface area is 345 Å². The molecule has 0 spiro atoms. The summed E-state index contributed by atoms with van der Waals surface area (Å²) in [6.45, 7) is 7.43. The van der Waals surface area contributed by atoms with Crippen molar-refractivity contribution in [2.45, 2.75) is 194 Å². The van der Waals surface area contributed by atoms with Crippen LogP contribution in [0.1, 0.15) is 188 Å². The Kier molecular flexibility index (Phi) is 43.6. The molecule has 0 aliphatic carbocycles. The summed E-state index contributed by atoms with van der Waals surface area (Å²) in [5.74, 6) is -0.455. The molecule has 0 aromatic rings. The van der Waals surface area contributed by atoms with Crippen molar-refractivity contribution in [3.05, 3.63) is 97.2 Å². The van der Waals surface area contributed by atoms with Crippen molar-refractivity contribution in [3.63, 3.8) is 0 Å². The van der Waals surface area contributed by atoms with E-state index in [2.05, 4.69) is 118 Å². The van der Waals surface area contributed by atoms with Gasteiger partial charge < -0.3 is 14.2 Å². The normalized spacial score (nSPS) is 13.1. The van der Waals surface area contributed by atoms with Gasteiger partial charge in [-0.1, -0.05) is 176 Å². The zero-order valence-corrected chi connectivity index (χ0v) is 36.4. The van der Waals surface area contributed by atoms with Gasteiger partial charge in [0.1, 0.15) is 6.61 Å². The number of carbonyl (C=O) groups excluding carboxylic acids is 2. The summed E-state index contributed by atoms with van der Waals surface area (Å²) in [5.41, 5.74) is 0. The molecule has 0 radical (unpaired) electrons. The van der Waals surface area contributed by atoms with Gasteiger partial charge in [0.05, 0.1) is 6.61 Å². The largest absolute Gasteiger partial charge is 0.462 e. The Morgan fingerprint density at radius 2 is 0.804 bits per heavy atom. The van der Waals surface area contributed by atoms with Crippen LogP contribution in [0.25, 0.3) is 0 Å². The number of unbranched alkanes of at least 4 members (excludes halogenated alkanes) is 13. The van der Waals surface area contributed by atoms with Gasteiger partial charge in [0.15, 0.2) is 6.10 Å². The monoisotopic (exact) mass is 777 g/mol. The van der Waals surface area contributed by atoms with Crippen molar-refractivity contribution in [2.24, 2.45) is 0 Å². The lowest BCUT2D eigenvalue weighted by atomic mass is 10.1. The molecule has 0 aliphatic heterocycles. The summed E-state index contributed by atoms with van der Waals surface area (Å²) in [4.78, 5) is 25.1. The molecule has 0 saturated carbocycles. The highest BCUT2D eigenvalue weighted by atomic mass is 16.6. The Morgan fingerprint density at radius 3 is 1.29 bits per heavy atom. The van der Waals surface area contributed by atoms with Gasteiger partial charge in [0.25, 0.3) is 0 Å². The molecule has 0 aliphatic rings. The Balaban J connectivity index is 4.28. The quantitative estimate of drug-likeness (QED) is 0.0352. The van der Waals surface area contributed by atoms with Crippen molar-refractivity contribution < 1.29 is 23.8 Å². The van der Waals surface area contributed by atoms with E-state index in [1.807, 2.05) is 0 Å². The second-order valence-corrected chi connectivity index (χ2v) is 14.5. The molecule has 0 fully saturated rings. The summed E-state index contributed by atoms with van der Waals surface area (Å²) in [5, 5.41) is 0. The molecule has 56 heavy (non-hydrogen) atoms. The Bertz CT molecular complexity index is 1110. The highest BCUT2D eigenvalue weighted by molar-refractivity contribution is 5.70. The van der Waals surface area contributed by atoms with Crippen LogP contribution in [0.4, 0.5) is 0 Å². The highest BCUT2D eigenvalue weighted by Gasteiger charge is 2.17. The van der Waals surface area contributed by atoms with Crippen LogP contribution in [0.5, 0.6) is 0 Å². The van der Waals surface area contributed by atoms with Crippen LogP contribution in [-0.2, 0) is 23.8 Å². The third-order valence-electron chi connectivity index (χ3n) is 9.12. The molecule has 1 atom stereocenters. The maximum atomic E-state index is 12.6. The zero-order chi connectivity index (χ0) is 40.7. The van der Waals surface area contributed by atoms with Crippen LogP contribution < -0.4 is 0 Å². The number of esters is 2. The first-order chi connectivity index (χ1) is 27.6. The van der Waals surface area contributed by atoms with Gasteiger partial charge in [0.2, 0.25) is 0 Å². The average Bonchev–Trinajstić information content (AvgIpc) is 3.20. The van der Waals surface area contributed by atoms with Crippen LogP contribution >= 0.6 is 0 Å². The van der Waals surface area contributed by atoms with E-state index >= 15 is 0 Å². The predicted octanol–water partition coefficient (Wildman–Crippen LogP) is 15.1. The minimum Gasteiger partial charge on any atom is -0.462 e. The van der Waals surface area contributed by atoms with Crippen molar-refractivity contribution in [3.8, 4) is 0 Å². The molecule has 0 N–H and O–H groups in total. The van der Waals surface area contributed by atoms with Gasteiger partial charge in [-0.2, -0.15) is 0 Å². The number of hydrogen-bond donors (Lipinski definition) is 0. The summed E-state index contributed by atoms with van der Waals surface area (Å²) in [6, 6.07) is 0. The lowest BCUT2D eigenvalue weighted by Gasteiger charge is -2.18. The van der Waals surface area contributed by atoms with Gasteiger partial charge in [0, 0.05) is 19.4 Å². The first-order valence-electron chi connectivity index (χ1n) is 22.8. The van der Waals surface area contributed by atoms with E-state index in [4.69, 9.17) is 14.2 Å². The molecule has 318 valence electrons. The van der Waals surface area contributed by atoms with Gasteiger partial charge in [-0.05, 0) is 96.3 Å². The summed E-state index contributed by atoms with van der Waals surface area (Å²) in [6.07, 6.45) is 61.4. The fourth-order valence-electron chi connectivity index (χ4n) is 5.78. The maximum absolute atomic E-state index is 12.6. The SMILES string of the molecule is CC/C=C\C/C=C\C/C=C\C/C=C\C/C=C\CCCCOCC(COC(=O)CCCCCCC/C=C\C/C=C\C/C=C\CC)OC(=O)CCCCCCCCC. The van der Waals surface area contributed by atoms with E-state index in [9.17, 15) is 9.59 Å². The van der Waals surface area contributed by atoms with Crippen molar-refractivity contribution in [1.82, 2.24) is 0 Å². The topological polar surface area (TPSA) is 61.8 Å². The summed E-state index contributed by atoms with van der Waals surface area (Å²) >= 11 is 0. The first-order valence-corrected chi connectivity index (χ1v) is 22.8. The summed E-state index contributed by atoms with van der Waals surface area (Å²) in [7, 11) is 0. The zero-order valence-electron chi connectivity index (χ0n) is 36.4. The lowest BCUT2D eigenvalue weighted by molar-refractivity contribution is -0.163. The highest BCUT2D eigenvalue weighted by Crippen LogP contribution is 2.12. The third-order valence-corrected chi connectivity index (χ3v) is 9.12. The van der Waals surface area contributed by atoms with E-state index in [1.165, 1.54) is 38.5 Å². The van der Waals surface area contributed by atoms with Crippen LogP contribution in [0.2, 0.25) is 0 Å². The van der Waals surface area contributed by atoms with E-state index in [-0.39, 0.29) is 25.2 Å².